The predicted molar refractivity (Wildman–Crippen MR) is 78.2 cm³/mol. The molecule has 0 radical (unpaired) electrons. The van der Waals surface area contributed by atoms with Crippen LogP contribution in [0.1, 0.15) is 32.3 Å². The minimum absolute atomic E-state index is 0.166. The summed E-state index contributed by atoms with van der Waals surface area (Å²) in [4.78, 5) is 0. The lowest BCUT2D eigenvalue weighted by atomic mass is 9.88. The Morgan fingerprint density at radius 3 is 2.84 bits per heavy atom. The average Bonchev–Trinajstić information content (AvgIpc) is 2.36. The zero-order valence-electron chi connectivity index (χ0n) is 12.2. The Balaban J connectivity index is 2.16. The highest BCUT2D eigenvalue weighted by Crippen LogP contribution is 2.20. The van der Waals surface area contributed by atoms with Crippen LogP contribution in [-0.4, -0.2) is 19.7 Å². The summed E-state index contributed by atoms with van der Waals surface area (Å²) in [5.41, 5.74) is 1.38. The van der Waals surface area contributed by atoms with Gasteiger partial charge < -0.3 is 10.1 Å². The first-order valence-corrected chi connectivity index (χ1v) is 6.81. The number of nitrogens with zero attached hydrogens (tertiary/aromatic N) is 1. The molecule has 0 fully saturated rings. The summed E-state index contributed by atoms with van der Waals surface area (Å²) >= 11 is 0. The number of nitriles is 1. The maximum atomic E-state index is 8.60. The Hall–Kier alpha value is -1.53. The van der Waals surface area contributed by atoms with Crippen LogP contribution in [0.5, 0.6) is 5.75 Å². The Labute approximate surface area is 116 Å². The van der Waals surface area contributed by atoms with Gasteiger partial charge in [-0.05, 0) is 36.5 Å². The molecule has 1 aromatic rings. The highest BCUT2D eigenvalue weighted by molar-refractivity contribution is 5.27. The van der Waals surface area contributed by atoms with Gasteiger partial charge in [0.15, 0.2) is 0 Å². The van der Waals surface area contributed by atoms with Gasteiger partial charge in [-0.1, -0.05) is 26.0 Å². The molecule has 0 amide bonds. The molecule has 0 aliphatic heterocycles. The fraction of sp³-hybridized carbons (Fsp3) is 0.562. The number of rotatable bonds is 8. The SMILES string of the molecule is Cc1cccc(OCCNCC(C)(C)CCC#N)c1. The summed E-state index contributed by atoms with van der Waals surface area (Å²) in [7, 11) is 0. The minimum Gasteiger partial charge on any atom is -0.492 e. The van der Waals surface area contributed by atoms with Gasteiger partial charge in [0.2, 0.25) is 0 Å². The van der Waals surface area contributed by atoms with E-state index in [0.29, 0.717) is 13.0 Å². The van der Waals surface area contributed by atoms with Crippen LogP contribution in [-0.2, 0) is 0 Å². The fourth-order valence-electron chi connectivity index (χ4n) is 1.86. The highest BCUT2D eigenvalue weighted by atomic mass is 16.5. The Bertz CT molecular complexity index is 421. The molecule has 0 unspecified atom stereocenters. The number of ether oxygens (including phenoxy) is 1. The Kier molecular flexibility index (Phi) is 6.38. The molecule has 19 heavy (non-hydrogen) atoms. The zero-order chi connectivity index (χ0) is 14.1. The lowest BCUT2D eigenvalue weighted by Crippen LogP contribution is -2.32. The van der Waals surface area contributed by atoms with Crippen LogP contribution in [0.4, 0.5) is 0 Å². The summed E-state index contributed by atoms with van der Waals surface area (Å²) < 4.78 is 5.67. The van der Waals surface area contributed by atoms with E-state index in [9.17, 15) is 0 Å². The first kappa shape index (κ1) is 15.5. The molecule has 1 aromatic carbocycles. The topological polar surface area (TPSA) is 45.0 Å². The molecule has 0 heterocycles. The molecule has 3 nitrogen and oxygen atoms in total. The molecule has 104 valence electrons. The van der Waals surface area contributed by atoms with Crippen LogP contribution in [0.3, 0.4) is 0 Å². The first-order chi connectivity index (χ1) is 9.03. The van der Waals surface area contributed by atoms with Crippen molar-refractivity contribution in [2.24, 2.45) is 5.41 Å². The largest absolute Gasteiger partial charge is 0.492 e. The van der Waals surface area contributed by atoms with E-state index in [-0.39, 0.29) is 5.41 Å². The molecule has 0 aliphatic rings. The van der Waals surface area contributed by atoms with Crippen LogP contribution in [0.25, 0.3) is 0 Å². The maximum Gasteiger partial charge on any atom is 0.119 e. The number of hydrogen-bond donors (Lipinski definition) is 1. The molecule has 1 rings (SSSR count). The number of nitrogens with one attached hydrogen (secondary N) is 1. The highest BCUT2D eigenvalue weighted by Gasteiger charge is 2.16. The third-order valence-electron chi connectivity index (χ3n) is 3.05. The predicted octanol–water partition coefficient (Wildman–Crippen LogP) is 3.29. The number of aryl methyl sites for hydroxylation is 1. The fourth-order valence-corrected chi connectivity index (χ4v) is 1.86. The molecule has 0 aliphatic carbocycles. The second kappa shape index (κ2) is 7.81. The monoisotopic (exact) mass is 260 g/mol. The van der Waals surface area contributed by atoms with Gasteiger partial charge in [0.25, 0.3) is 0 Å². The molecule has 0 aromatic heterocycles. The smallest absolute Gasteiger partial charge is 0.119 e. The van der Waals surface area contributed by atoms with E-state index < -0.39 is 0 Å². The molecule has 0 saturated heterocycles. The minimum atomic E-state index is 0.166. The second-order valence-electron chi connectivity index (χ2n) is 5.66. The van der Waals surface area contributed by atoms with E-state index in [0.717, 1.165) is 25.3 Å². The van der Waals surface area contributed by atoms with E-state index in [1.165, 1.54) is 5.56 Å². The van der Waals surface area contributed by atoms with Gasteiger partial charge in [-0.3, -0.25) is 0 Å². The van der Waals surface area contributed by atoms with Crippen molar-refractivity contribution in [2.75, 3.05) is 19.7 Å². The molecular formula is C16H24N2O. The van der Waals surface area contributed by atoms with Crippen molar-refractivity contribution < 1.29 is 4.74 Å². The van der Waals surface area contributed by atoms with Gasteiger partial charge in [-0.25, -0.2) is 0 Å². The van der Waals surface area contributed by atoms with E-state index in [2.05, 4.69) is 38.2 Å². The lowest BCUT2D eigenvalue weighted by molar-refractivity contribution is 0.280. The second-order valence-corrected chi connectivity index (χ2v) is 5.66. The van der Waals surface area contributed by atoms with Crippen LogP contribution >= 0.6 is 0 Å². The molecule has 0 saturated carbocycles. The summed E-state index contributed by atoms with van der Waals surface area (Å²) in [6.07, 6.45) is 1.55. The van der Waals surface area contributed by atoms with Gasteiger partial charge in [0.1, 0.15) is 12.4 Å². The average molecular weight is 260 g/mol. The van der Waals surface area contributed by atoms with E-state index in [1.54, 1.807) is 0 Å². The van der Waals surface area contributed by atoms with Crippen LogP contribution in [0, 0.1) is 23.7 Å². The van der Waals surface area contributed by atoms with Crippen molar-refractivity contribution in [1.29, 1.82) is 5.26 Å². The Morgan fingerprint density at radius 1 is 1.37 bits per heavy atom. The van der Waals surface area contributed by atoms with Gasteiger partial charge in [0, 0.05) is 19.5 Å². The number of hydrogen-bond acceptors (Lipinski definition) is 3. The van der Waals surface area contributed by atoms with Crippen molar-refractivity contribution in [3.63, 3.8) is 0 Å². The van der Waals surface area contributed by atoms with Crippen molar-refractivity contribution in [2.45, 2.75) is 33.6 Å². The van der Waals surface area contributed by atoms with Crippen LogP contribution in [0.15, 0.2) is 24.3 Å². The van der Waals surface area contributed by atoms with Gasteiger partial charge in [0.05, 0.1) is 6.07 Å². The van der Waals surface area contributed by atoms with Crippen LogP contribution in [0.2, 0.25) is 0 Å². The third kappa shape index (κ3) is 6.83. The molecule has 0 bridgehead atoms. The van der Waals surface area contributed by atoms with E-state index >= 15 is 0 Å². The Morgan fingerprint density at radius 2 is 2.16 bits per heavy atom. The van der Waals surface area contributed by atoms with Crippen LogP contribution < -0.4 is 10.1 Å². The molecule has 0 spiro atoms. The third-order valence-corrected chi connectivity index (χ3v) is 3.05. The van der Waals surface area contributed by atoms with Crippen molar-refractivity contribution >= 4 is 0 Å². The van der Waals surface area contributed by atoms with Gasteiger partial charge in [-0.15, -0.1) is 0 Å². The van der Waals surface area contributed by atoms with Gasteiger partial charge >= 0.3 is 0 Å². The summed E-state index contributed by atoms with van der Waals surface area (Å²) in [6.45, 7) is 8.81. The normalized spacial score (nSPS) is 11.1. The standard InChI is InChI=1S/C16H24N2O/c1-14-6-4-7-15(12-14)19-11-10-18-13-16(2,3)8-5-9-17/h4,6-7,12,18H,5,8,10-11,13H2,1-3H3. The van der Waals surface area contributed by atoms with Crippen molar-refractivity contribution in [3.8, 4) is 11.8 Å². The molecular weight excluding hydrogens is 236 g/mol. The summed E-state index contributed by atoms with van der Waals surface area (Å²) in [5, 5.41) is 12.0. The number of benzene rings is 1. The summed E-state index contributed by atoms with van der Waals surface area (Å²) in [6, 6.07) is 10.3. The van der Waals surface area contributed by atoms with E-state index in [4.69, 9.17) is 10.00 Å². The van der Waals surface area contributed by atoms with E-state index in [1.807, 2.05) is 18.2 Å². The zero-order valence-corrected chi connectivity index (χ0v) is 12.2. The quantitative estimate of drug-likeness (QED) is 0.729. The van der Waals surface area contributed by atoms with Gasteiger partial charge in [-0.2, -0.15) is 5.26 Å². The lowest BCUT2D eigenvalue weighted by Gasteiger charge is -2.23. The van der Waals surface area contributed by atoms with Crippen molar-refractivity contribution in [3.05, 3.63) is 29.8 Å². The molecule has 1 N–H and O–H groups in total. The van der Waals surface area contributed by atoms with Crippen molar-refractivity contribution in [1.82, 2.24) is 5.32 Å². The summed E-state index contributed by atoms with van der Waals surface area (Å²) in [5.74, 6) is 0.922. The molecule has 3 heteroatoms. The maximum absolute atomic E-state index is 8.60. The first-order valence-electron chi connectivity index (χ1n) is 6.81. The molecule has 0 atom stereocenters.